The molecule has 114 valence electrons. The number of hydrogen-bond acceptors (Lipinski definition) is 4. The minimum Gasteiger partial charge on any atom is -0.488 e. The molecule has 0 saturated heterocycles. The first kappa shape index (κ1) is 14.7. The van der Waals surface area contributed by atoms with E-state index in [4.69, 9.17) is 4.74 Å². The molecule has 0 aliphatic carbocycles. The fourth-order valence-electron chi connectivity index (χ4n) is 2.44. The molecule has 3 aromatic rings. The third-order valence-corrected chi connectivity index (χ3v) is 3.56. The Balaban J connectivity index is 1.89. The molecule has 0 aliphatic heterocycles. The largest absolute Gasteiger partial charge is 0.488 e. The molecule has 0 spiro atoms. The maximum Gasteiger partial charge on any atom is 0.269 e. The van der Waals surface area contributed by atoms with Crippen molar-refractivity contribution in [2.24, 2.45) is 0 Å². The van der Waals surface area contributed by atoms with Gasteiger partial charge in [-0.15, -0.1) is 0 Å². The van der Waals surface area contributed by atoms with Crippen molar-refractivity contribution in [1.82, 2.24) is 0 Å². The number of rotatable bonds is 5. The van der Waals surface area contributed by atoms with E-state index < -0.39 is 4.92 Å². The molecule has 0 aliphatic rings. The third-order valence-electron chi connectivity index (χ3n) is 3.56. The van der Waals surface area contributed by atoms with Gasteiger partial charge < -0.3 is 4.74 Å². The number of nitro benzene ring substituents is 1. The zero-order chi connectivity index (χ0) is 16.2. The number of hydrogen-bond donors (Lipinski definition) is 0. The van der Waals surface area contributed by atoms with E-state index in [2.05, 4.69) is 0 Å². The van der Waals surface area contributed by atoms with Crippen LogP contribution in [0.2, 0.25) is 0 Å². The Kier molecular flexibility index (Phi) is 4.01. The van der Waals surface area contributed by atoms with Crippen LogP contribution in [0.4, 0.5) is 5.69 Å². The Labute approximate surface area is 132 Å². The van der Waals surface area contributed by atoms with Crippen LogP contribution in [0.5, 0.6) is 5.75 Å². The van der Waals surface area contributed by atoms with Crippen LogP contribution in [0, 0.1) is 10.1 Å². The maximum atomic E-state index is 11.4. The quantitative estimate of drug-likeness (QED) is 0.403. The minimum absolute atomic E-state index is 0.0141. The van der Waals surface area contributed by atoms with Gasteiger partial charge in [0, 0.05) is 12.1 Å². The van der Waals surface area contributed by atoms with Crippen LogP contribution < -0.4 is 4.74 Å². The second-order valence-corrected chi connectivity index (χ2v) is 5.03. The molecule has 5 heteroatoms. The molecular formula is C18H13NO4. The Morgan fingerprint density at radius 2 is 1.87 bits per heavy atom. The standard InChI is InChI=1S/C18H13NO4/c20-11-17-16-7-2-1-5-14(16)8-9-18(17)23-12-13-4-3-6-15(10-13)19(21)22/h1-11H,12H2. The summed E-state index contributed by atoms with van der Waals surface area (Å²) in [6, 6.07) is 17.4. The normalized spacial score (nSPS) is 10.4. The van der Waals surface area contributed by atoms with Crippen LogP contribution in [0.25, 0.3) is 10.8 Å². The number of ether oxygens (including phenoxy) is 1. The second kappa shape index (κ2) is 6.27. The van der Waals surface area contributed by atoms with Crippen LogP contribution in [0.3, 0.4) is 0 Å². The van der Waals surface area contributed by atoms with Gasteiger partial charge in [0.05, 0.1) is 10.5 Å². The molecule has 0 aromatic heterocycles. The summed E-state index contributed by atoms with van der Waals surface area (Å²) >= 11 is 0. The van der Waals surface area contributed by atoms with E-state index in [1.54, 1.807) is 18.2 Å². The summed E-state index contributed by atoms with van der Waals surface area (Å²) in [6.45, 7) is 0.154. The molecule has 3 aromatic carbocycles. The van der Waals surface area contributed by atoms with Crippen molar-refractivity contribution in [2.45, 2.75) is 6.61 Å². The molecule has 0 atom stereocenters. The summed E-state index contributed by atoms with van der Waals surface area (Å²) in [7, 11) is 0. The average molecular weight is 307 g/mol. The van der Waals surface area contributed by atoms with Gasteiger partial charge in [-0.2, -0.15) is 0 Å². The minimum atomic E-state index is -0.448. The van der Waals surface area contributed by atoms with Gasteiger partial charge in [-0.05, 0) is 22.4 Å². The number of fused-ring (bicyclic) bond motifs is 1. The molecule has 23 heavy (non-hydrogen) atoms. The van der Waals surface area contributed by atoms with Crippen molar-refractivity contribution in [2.75, 3.05) is 0 Å². The summed E-state index contributed by atoms with van der Waals surface area (Å²) in [4.78, 5) is 21.8. The highest BCUT2D eigenvalue weighted by atomic mass is 16.6. The van der Waals surface area contributed by atoms with Crippen LogP contribution >= 0.6 is 0 Å². The van der Waals surface area contributed by atoms with Crippen molar-refractivity contribution >= 4 is 22.7 Å². The summed E-state index contributed by atoms with van der Waals surface area (Å²) in [5, 5.41) is 12.6. The molecule has 0 radical (unpaired) electrons. The van der Waals surface area contributed by atoms with Crippen LogP contribution in [-0.4, -0.2) is 11.2 Å². The molecular weight excluding hydrogens is 294 g/mol. The van der Waals surface area contributed by atoms with E-state index in [9.17, 15) is 14.9 Å². The SMILES string of the molecule is O=Cc1c(OCc2cccc([N+](=O)[O-])c2)ccc2ccccc12. The summed E-state index contributed by atoms with van der Waals surface area (Å²) in [6.07, 6.45) is 0.769. The van der Waals surface area contributed by atoms with E-state index in [0.29, 0.717) is 16.9 Å². The zero-order valence-corrected chi connectivity index (χ0v) is 12.1. The summed E-state index contributed by atoms with van der Waals surface area (Å²) in [5.74, 6) is 0.463. The fourth-order valence-corrected chi connectivity index (χ4v) is 2.44. The van der Waals surface area contributed by atoms with E-state index in [1.807, 2.05) is 30.3 Å². The molecule has 0 N–H and O–H groups in total. The van der Waals surface area contributed by atoms with Gasteiger partial charge in [-0.3, -0.25) is 14.9 Å². The van der Waals surface area contributed by atoms with Crippen molar-refractivity contribution in [3.63, 3.8) is 0 Å². The summed E-state index contributed by atoms with van der Waals surface area (Å²) < 4.78 is 5.70. The maximum absolute atomic E-state index is 11.4. The van der Waals surface area contributed by atoms with Crippen molar-refractivity contribution in [1.29, 1.82) is 0 Å². The fraction of sp³-hybridized carbons (Fsp3) is 0.0556. The van der Waals surface area contributed by atoms with Gasteiger partial charge in [-0.1, -0.05) is 42.5 Å². The highest BCUT2D eigenvalue weighted by Gasteiger charge is 2.10. The first-order valence-corrected chi connectivity index (χ1v) is 7.02. The van der Waals surface area contributed by atoms with Gasteiger partial charge >= 0.3 is 0 Å². The molecule has 5 nitrogen and oxygen atoms in total. The zero-order valence-electron chi connectivity index (χ0n) is 12.1. The predicted molar refractivity (Wildman–Crippen MR) is 86.8 cm³/mol. The third kappa shape index (κ3) is 3.03. The number of nitro groups is 1. The smallest absolute Gasteiger partial charge is 0.269 e. The number of aldehydes is 1. The Morgan fingerprint density at radius 3 is 2.65 bits per heavy atom. The predicted octanol–water partition coefficient (Wildman–Crippen LogP) is 4.14. The molecule has 0 fully saturated rings. The molecule has 0 heterocycles. The average Bonchev–Trinajstić information content (AvgIpc) is 2.59. The van der Waals surface area contributed by atoms with E-state index >= 15 is 0 Å². The van der Waals surface area contributed by atoms with Crippen LogP contribution in [0.15, 0.2) is 60.7 Å². The Hall–Kier alpha value is -3.21. The Bertz CT molecular complexity index is 889. The molecule has 0 bridgehead atoms. The lowest BCUT2D eigenvalue weighted by Gasteiger charge is -2.10. The lowest BCUT2D eigenvalue weighted by molar-refractivity contribution is -0.384. The topological polar surface area (TPSA) is 69.4 Å². The van der Waals surface area contributed by atoms with E-state index in [0.717, 1.165) is 17.1 Å². The second-order valence-electron chi connectivity index (χ2n) is 5.03. The van der Waals surface area contributed by atoms with Crippen molar-refractivity contribution in [3.05, 3.63) is 81.9 Å². The molecule has 0 unspecified atom stereocenters. The molecule has 3 rings (SSSR count). The van der Waals surface area contributed by atoms with Gasteiger partial charge in [-0.25, -0.2) is 0 Å². The molecule has 0 saturated carbocycles. The van der Waals surface area contributed by atoms with Crippen LogP contribution in [0.1, 0.15) is 15.9 Å². The van der Waals surface area contributed by atoms with E-state index in [1.165, 1.54) is 12.1 Å². The lowest BCUT2D eigenvalue weighted by atomic mass is 10.0. The van der Waals surface area contributed by atoms with Crippen molar-refractivity contribution in [3.8, 4) is 5.75 Å². The first-order valence-electron chi connectivity index (χ1n) is 7.02. The number of carbonyl (C=O) groups is 1. The van der Waals surface area contributed by atoms with E-state index in [-0.39, 0.29) is 12.3 Å². The van der Waals surface area contributed by atoms with Crippen molar-refractivity contribution < 1.29 is 14.5 Å². The van der Waals surface area contributed by atoms with Crippen LogP contribution in [-0.2, 0) is 6.61 Å². The highest BCUT2D eigenvalue weighted by molar-refractivity contribution is 6.00. The highest BCUT2D eigenvalue weighted by Crippen LogP contribution is 2.27. The molecule has 0 amide bonds. The Morgan fingerprint density at radius 1 is 1.04 bits per heavy atom. The number of non-ortho nitro benzene ring substituents is 1. The lowest BCUT2D eigenvalue weighted by Crippen LogP contribution is -1.99. The van der Waals surface area contributed by atoms with Gasteiger partial charge in [0.15, 0.2) is 6.29 Å². The summed E-state index contributed by atoms with van der Waals surface area (Å²) in [5.41, 5.74) is 1.16. The first-order chi connectivity index (χ1) is 11.2. The van der Waals surface area contributed by atoms with Gasteiger partial charge in [0.2, 0.25) is 0 Å². The number of carbonyl (C=O) groups excluding carboxylic acids is 1. The van der Waals surface area contributed by atoms with Gasteiger partial charge in [0.1, 0.15) is 12.4 Å². The van der Waals surface area contributed by atoms with Gasteiger partial charge in [0.25, 0.3) is 5.69 Å². The number of benzene rings is 3. The number of nitrogens with zero attached hydrogens (tertiary/aromatic N) is 1. The monoisotopic (exact) mass is 307 g/mol.